The summed E-state index contributed by atoms with van der Waals surface area (Å²) in [6.45, 7) is 5.51. The summed E-state index contributed by atoms with van der Waals surface area (Å²) in [4.78, 5) is 9.53. The number of anilines is 4. The summed E-state index contributed by atoms with van der Waals surface area (Å²) >= 11 is 0. The minimum atomic E-state index is -3.31. The van der Waals surface area contributed by atoms with Gasteiger partial charge in [0.2, 0.25) is 5.95 Å². The Bertz CT molecular complexity index is 1830. The molecule has 4 rings (SSSR count). The van der Waals surface area contributed by atoms with Crippen LogP contribution in [0.15, 0.2) is 92.8 Å². The molecule has 0 aliphatic rings. The molecule has 1 aromatic heterocycles. The van der Waals surface area contributed by atoms with Gasteiger partial charge in [0.15, 0.2) is 31.3 Å². The molecule has 0 amide bonds. The summed E-state index contributed by atoms with van der Waals surface area (Å²) < 4.78 is 52.7. The van der Waals surface area contributed by atoms with Gasteiger partial charge in [-0.2, -0.15) is 20.2 Å². The second-order valence-electron chi connectivity index (χ2n) is 10.0. The van der Waals surface area contributed by atoms with Crippen LogP contribution in [0.25, 0.3) is 0 Å². The van der Waals surface area contributed by atoms with Gasteiger partial charge in [0.25, 0.3) is 0 Å². The molecule has 0 aliphatic carbocycles. The van der Waals surface area contributed by atoms with Gasteiger partial charge in [-0.05, 0) is 73.9 Å². The van der Waals surface area contributed by atoms with Crippen molar-refractivity contribution in [3.05, 3.63) is 89.5 Å². The van der Waals surface area contributed by atoms with Gasteiger partial charge in [-0.3, -0.25) is 10.9 Å². The van der Waals surface area contributed by atoms with Crippen molar-refractivity contribution in [3.63, 3.8) is 0 Å². The highest BCUT2D eigenvalue weighted by Gasteiger charge is 2.11. The van der Waals surface area contributed by atoms with Gasteiger partial charge in [0.05, 0.1) is 34.0 Å². The normalized spacial score (nSPS) is 12.5. The van der Waals surface area contributed by atoms with Crippen LogP contribution in [0.5, 0.6) is 5.75 Å². The molecular weight excluding hydrogens is 603 g/mol. The van der Waals surface area contributed by atoms with Gasteiger partial charge in [0.1, 0.15) is 5.75 Å². The molecule has 1 heterocycles. The van der Waals surface area contributed by atoms with Crippen molar-refractivity contribution in [1.29, 1.82) is 0 Å². The number of nitrogens with zero attached hydrogens (tertiary/aromatic N) is 4. The lowest BCUT2D eigenvalue weighted by Gasteiger charge is -2.13. The maximum atomic E-state index is 11.8. The Balaban J connectivity index is 1.64. The Hall–Kier alpha value is -4.82. The van der Waals surface area contributed by atoms with E-state index in [0.29, 0.717) is 34.5 Å². The van der Waals surface area contributed by atoms with Crippen molar-refractivity contribution in [1.82, 2.24) is 9.97 Å². The molecule has 0 saturated heterocycles. The molecular formula is C30H33N7O5S2. The van der Waals surface area contributed by atoms with E-state index in [1.807, 2.05) is 25.1 Å². The number of ether oxygens (including phenoxy) is 1. The lowest BCUT2D eigenvalue weighted by molar-refractivity contribution is 0.416. The molecule has 0 radical (unpaired) electrons. The van der Waals surface area contributed by atoms with Crippen molar-refractivity contribution in [3.8, 4) is 5.75 Å². The third kappa shape index (κ3) is 8.39. The maximum absolute atomic E-state index is 11.8. The number of hydrazone groups is 2. The van der Waals surface area contributed by atoms with E-state index in [4.69, 9.17) is 4.74 Å². The molecule has 0 bridgehead atoms. The van der Waals surface area contributed by atoms with E-state index in [1.54, 1.807) is 51.3 Å². The third-order valence-electron chi connectivity index (χ3n) is 6.40. The predicted octanol–water partition coefficient (Wildman–Crippen LogP) is 5.02. The Labute approximate surface area is 257 Å². The fraction of sp³-hybridized carbons (Fsp3) is 0.200. The maximum Gasteiger partial charge on any atom is 0.231 e. The predicted molar refractivity (Wildman–Crippen MR) is 174 cm³/mol. The second kappa shape index (κ2) is 13.2. The van der Waals surface area contributed by atoms with Crippen molar-refractivity contribution >= 4 is 54.4 Å². The summed E-state index contributed by atoms with van der Waals surface area (Å²) in [5, 5.41) is 12.0. The molecule has 0 unspecified atom stereocenters. The van der Waals surface area contributed by atoms with Crippen LogP contribution in [-0.2, 0) is 19.7 Å². The molecule has 0 saturated carbocycles. The van der Waals surface area contributed by atoms with E-state index in [-0.39, 0.29) is 15.7 Å². The van der Waals surface area contributed by atoms with Crippen LogP contribution >= 0.6 is 0 Å². The van der Waals surface area contributed by atoms with Crippen molar-refractivity contribution in [2.75, 3.05) is 35.8 Å². The van der Waals surface area contributed by atoms with Crippen LogP contribution in [0, 0.1) is 6.92 Å². The average Bonchev–Trinajstić information content (AvgIpc) is 2.98. The first kappa shape index (κ1) is 32.1. The third-order valence-corrected chi connectivity index (χ3v) is 8.66. The molecule has 44 heavy (non-hydrogen) atoms. The second-order valence-corrected chi connectivity index (χ2v) is 14.0. The Morgan fingerprint density at radius 3 is 1.57 bits per heavy atom. The molecule has 4 aromatic rings. The number of sulfone groups is 2. The number of nitrogens with one attached hydrogen (secondary N) is 3. The zero-order chi connectivity index (χ0) is 32.1. The summed E-state index contributed by atoms with van der Waals surface area (Å²) in [6.07, 6.45) is 2.31. The molecule has 0 fully saturated rings. The lowest BCUT2D eigenvalue weighted by atomic mass is 10.1. The van der Waals surface area contributed by atoms with Gasteiger partial charge in [-0.15, -0.1) is 0 Å². The summed E-state index contributed by atoms with van der Waals surface area (Å²) in [5.41, 5.74) is 10.2. The minimum absolute atomic E-state index is 0.220. The highest BCUT2D eigenvalue weighted by molar-refractivity contribution is 7.91. The van der Waals surface area contributed by atoms with Gasteiger partial charge >= 0.3 is 0 Å². The molecule has 0 spiro atoms. The fourth-order valence-electron chi connectivity index (χ4n) is 3.96. The summed E-state index contributed by atoms with van der Waals surface area (Å²) in [7, 11) is -5.05. The van der Waals surface area contributed by atoms with Gasteiger partial charge < -0.3 is 10.1 Å². The van der Waals surface area contributed by atoms with Crippen LogP contribution in [-0.4, -0.2) is 57.8 Å². The van der Waals surface area contributed by atoms with Crippen molar-refractivity contribution < 1.29 is 21.6 Å². The van der Waals surface area contributed by atoms with Gasteiger partial charge in [-0.25, -0.2) is 16.8 Å². The average molecular weight is 636 g/mol. The van der Waals surface area contributed by atoms with Crippen LogP contribution in [0.3, 0.4) is 0 Å². The first-order valence-electron chi connectivity index (χ1n) is 13.3. The van der Waals surface area contributed by atoms with Crippen molar-refractivity contribution in [2.45, 2.75) is 30.6 Å². The van der Waals surface area contributed by atoms with E-state index in [9.17, 15) is 16.8 Å². The van der Waals surface area contributed by atoms with Crippen LogP contribution in [0.1, 0.15) is 30.5 Å². The zero-order valence-electron chi connectivity index (χ0n) is 25.1. The number of hydrogen-bond acceptors (Lipinski definition) is 12. The van der Waals surface area contributed by atoms with E-state index < -0.39 is 19.7 Å². The Morgan fingerprint density at radius 2 is 1.16 bits per heavy atom. The van der Waals surface area contributed by atoms with Gasteiger partial charge in [-0.1, -0.05) is 30.3 Å². The Kier molecular flexibility index (Phi) is 9.65. The topological polar surface area (TPSA) is 164 Å². The SMILES string of the molecule is COc1ccc(C)cc1Nc1nc(NN=C(C)c2ccc(S(C)(=O)=O)cc2)cc(NN=C(C)c2ccc(S(C)(=O)=O)cc2)n1. The van der Waals surface area contributed by atoms with Crippen molar-refractivity contribution in [2.24, 2.45) is 10.2 Å². The van der Waals surface area contributed by atoms with E-state index in [2.05, 4.69) is 36.3 Å². The van der Waals surface area contributed by atoms with Gasteiger partial charge in [0, 0.05) is 18.6 Å². The molecule has 0 aliphatic heterocycles. The van der Waals surface area contributed by atoms with E-state index in [0.717, 1.165) is 29.2 Å². The van der Waals surface area contributed by atoms with E-state index >= 15 is 0 Å². The number of hydrogen-bond donors (Lipinski definition) is 3. The number of aromatic nitrogens is 2. The van der Waals surface area contributed by atoms with Crippen LogP contribution in [0.2, 0.25) is 0 Å². The molecule has 12 nitrogen and oxygen atoms in total. The molecule has 0 atom stereocenters. The quantitative estimate of drug-likeness (QED) is 0.151. The molecule has 3 aromatic carbocycles. The molecule has 3 N–H and O–H groups in total. The fourth-order valence-corrected chi connectivity index (χ4v) is 5.22. The number of aryl methyl sites for hydroxylation is 1. The standard InChI is InChI=1S/C30H33N7O5S2/c1-19-7-16-27(42-4)26(17-19)31-30-32-28(36-34-20(2)22-8-12-24(13-9-22)43(5,38)39)18-29(33-30)37-35-21(3)23-10-14-25(15-11-23)44(6,40)41/h7-18H,1-6H3,(H3,31,32,33,36,37). The smallest absolute Gasteiger partial charge is 0.231 e. The first-order chi connectivity index (χ1) is 20.7. The summed E-state index contributed by atoms with van der Waals surface area (Å²) in [5.74, 6) is 1.52. The highest BCUT2D eigenvalue weighted by atomic mass is 32.2. The zero-order valence-corrected chi connectivity index (χ0v) is 26.7. The first-order valence-corrected chi connectivity index (χ1v) is 17.0. The number of rotatable bonds is 11. The van der Waals surface area contributed by atoms with E-state index in [1.165, 1.54) is 24.3 Å². The number of methoxy groups -OCH3 is 1. The minimum Gasteiger partial charge on any atom is -0.495 e. The van der Waals surface area contributed by atoms with Crippen LogP contribution < -0.4 is 20.9 Å². The largest absolute Gasteiger partial charge is 0.495 e. The van der Waals surface area contributed by atoms with Crippen LogP contribution in [0.4, 0.5) is 23.3 Å². The monoisotopic (exact) mass is 635 g/mol. The highest BCUT2D eigenvalue weighted by Crippen LogP contribution is 2.28. The summed E-state index contributed by atoms with van der Waals surface area (Å²) in [6, 6.07) is 20.1. The molecule has 230 valence electrons. The lowest BCUT2D eigenvalue weighted by Crippen LogP contribution is -2.07. The Morgan fingerprint density at radius 1 is 0.705 bits per heavy atom. The molecule has 14 heteroatoms. The number of benzene rings is 3.